The largest absolute Gasteiger partial charge is 0.376 e. The maximum absolute atomic E-state index is 2.71. The van der Waals surface area contributed by atoms with Gasteiger partial charge in [-0.15, -0.1) is 0 Å². The summed E-state index contributed by atoms with van der Waals surface area (Å²) in [6.07, 6.45) is 5.18. The number of aromatic nitrogens is 1. The topological polar surface area (TPSA) is 4.93 Å². The Labute approximate surface area is 234 Å². The van der Waals surface area contributed by atoms with E-state index in [9.17, 15) is 0 Å². The number of benzene rings is 4. The van der Waals surface area contributed by atoms with Crippen LogP contribution in [0.2, 0.25) is 0 Å². The molecule has 0 unspecified atom stereocenters. The van der Waals surface area contributed by atoms with Crippen molar-refractivity contribution in [3.8, 4) is 0 Å². The van der Waals surface area contributed by atoms with Crippen LogP contribution in [0, 0.1) is 0 Å². The number of hydrogen-bond donors (Lipinski definition) is 0. The van der Waals surface area contributed by atoms with Crippen LogP contribution >= 0.6 is 0 Å². The molecule has 1 aliphatic carbocycles. The summed E-state index contributed by atoms with van der Waals surface area (Å²) in [4.78, 5) is 0. The smallest absolute Gasteiger partial charge is 0.328 e. The van der Waals surface area contributed by atoms with Crippen molar-refractivity contribution in [3.05, 3.63) is 107 Å². The molecule has 2 heterocycles. The molecule has 0 atom stereocenters. The van der Waals surface area contributed by atoms with Crippen molar-refractivity contribution in [1.29, 1.82) is 0 Å². The van der Waals surface area contributed by atoms with Crippen LogP contribution in [0.25, 0.3) is 21.8 Å². The highest BCUT2D eigenvalue weighted by Gasteiger charge is 2.44. The first-order valence-electron chi connectivity index (χ1n) is 14.9. The number of hydrogen-bond acceptors (Lipinski definition) is 0. The predicted octanol–water partition coefficient (Wildman–Crippen LogP) is 8.22. The first-order valence-corrected chi connectivity index (χ1v) is 14.9. The van der Waals surface area contributed by atoms with Crippen molar-refractivity contribution >= 4 is 39.6 Å². The van der Waals surface area contributed by atoms with Crippen molar-refractivity contribution in [2.45, 2.75) is 83.5 Å². The predicted molar refractivity (Wildman–Crippen MR) is 169 cm³/mol. The van der Waals surface area contributed by atoms with Crippen LogP contribution in [0.4, 0.5) is 0 Å². The van der Waals surface area contributed by atoms with Gasteiger partial charge in [0, 0.05) is 27.2 Å². The van der Waals surface area contributed by atoms with Crippen LogP contribution < -0.4 is 10.9 Å². The van der Waals surface area contributed by atoms with Crippen LogP contribution in [0.3, 0.4) is 0 Å². The Morgan fingerprint density at radius 1 is 0.744 bits per heavy atom. The highest BCUT2D eigenvalue weighted by molar-refractivity contribution is 6.86. The Bertz CT molecular complexity index is 1690. The normalized spacial score (nSPS) is 17.3. The van der Waals surface area contributed by atoms with E-state index >= 15 is 0 Å². The van der Waals surface area contributed by atoms with E-state index in [0.717, 1.165) is 0 Å². The van der Waals surface area contributed by atoms with Gasteiger partial charge in [-0.1, -0.05) is 121 Å². The maximum Gasteiger partial charge on any atom is 0.328 e. The lowest BCUT2D eigenvalue weighted by Crippen LogP contribution is -2.58. The first kappa shape index (κ1) is 24.8. The zero-order chi connectivity index (χ0) is 27.2. The van der Waals surface area contributed by atoms with Crippen LogP contribution in [-0.2, 0) is 16.2 Å². The maximum atomic E-state index is 2.71. The van der Waals surface area contributed by atoms with E-state index in [1.807, 2.05) is 0 Å². The van der Waals surface area contributed by atoms with E-state index in [-0.39, 0.29) is 17.7 Å². The number of nitrogens with zero attached hydrogens (tertiary/aromatic N) is 1. The highest BCUT2D eigenvalue weighted by Crippen LogP contribution is 2.52. The monoisotopic (exact) mass is 509 g/mol. The molecule has 1 aromatic heterocycles. The average Bonchev–Trinajstić information content (AvgIpc) is 3.64. The fourth-order valence-corrected chi connectivity index (χ4v) is 7.63. The number of rotatable bonds is 4. The lowest BCUT2D eigenvalue weighted by atomic mass is 9.41. The van der Waals surface area contributed by atoms with Gasteiger partial charge in [0.05, 0.1) is 0 Å². The molecule has 0 saturated heterocycles. The lowest BCUT2D eigenvalue weighted by molar-refractivity contribution is 0.591. The zero-order valence-corrected chi connectivity index (χ0v) is 24.4. The molecule has 7 rings (SSSR count). The molecule has 2 heteroatoms. The van der Waals surface area contributed by atoms with Crippen molar-refractivity contribution in [3.63, 3.8) is 0 Å². The molecule has 1 fully saturated rings. The summed E-state index contributed by atoms with van der Waals surface area (Å²) in [6.45, 7) is 14.2. The van der Waals surface area contributed by atoms with Gasteiger partial charge >= 0.3 is 6.85 Å². The Hall–Kier alpha value is -3.26. The third-order valence-electron chi connectivity index (χ3n) is 9.98. The molecule has 39 heavy (non-hydrogen) atoms. The van der Waals surface area contributed by atoms with Gasteiger partial charge in [-0.3, -0.25) is 0 Å². The molecule has 0 N–H and O–H groups in total. The summed E-state index contributed by atoms with van der Waals surface area (Å²) in [5.41, 5.74) is 11.8. The van der Waals surface area contributed by atoms with Gasteiger partial charge in [-0.2, -0.15) is 0 Å². The Balaban J connectivity index is 1.60. The van der Waals surface area contributed by atoms with E-state index in [1.54, 1.807) is 0 Å². The van der Waals surface area contributed by atoms with Gasteiger partial charge in [0.15, 0.2) is 0 Å². The van der Waals surface area contributed by atoms with Crippen molar-refractivity contribution in [1.82, 2.24) is 4.48 Å². The molecular formula is C37H40BN. The molecule has 0 spiro atoms. The second-order valence-electron chi connectivity index (χ2n) is 13.8. The summed E-state index contributed by atoms with van der Waals surface area (Å²) in [6, 6.07) is 33.0. The lowest BCUT2D eigenvalue weighted by Gasteiger charge is -2.39. The van der Waals surface area contributed by atoms with Gasteiger partial charge < -0.3 is 4.48 Å². The van der Waals surface area contributed by atoms with E-state index in [0.29, 0.717) is 5.41 Å². The van der Waals surface area contributed by atoms with Gasteiger partial charge in [0.1, 0.15) is 0 Å². The summed E-state index contributed by atoms with van der Waals surface area (Å²) >= 11 is 0. The van der Waals surface area contributed by atoms with Crippen molar-refractivity contribution < 1.29 is 0 Å². The minimum Gasteiger partial charge on any atom is -0.376 e. The number of fused-ring (bicyclic) bond motifs is 5. The summed E-state index contributed by atoms with van der Waals surface area (Å²) in [5.74, 6) is 0. The third kappa shape index (κ3) is 3.60. The van der Waals surface area contributed by atoms with Gasteiger partial charge in [-0.05, 0) is 75.4 Å². The zero-order valence-electron chi connectivity index (χ0n) is 24.4. The Morgan fingerprint density at radius 3 is 1.87 bits per heavy atom. The van der Waals surface area contributed by atoms with Crippen LogP contribution in [0.15, 0.2) is 84.9 Å². The van der Waals surface area contributed by atoms with Crippen molar-refractivity contribution in [2.75, 3.05) is 0 Å². The van der Waals surface area contributed by atoms with Crippen LogP contribution in [-0.4, -0.2) is 11.3 Å². The average molecular weight is 510 g/mol. The Kier molecular flexibility index (Phi) is 5.32. The van der Waals surface area contributed by atoms with E-state index in [4.69, 9.17) is 0 Å². The van der Waals surface area contributed by atoms with Gasteiger partial charge in [0.25, 0.3) is 0 Å². The summed E-state index contributed by atoms with van der Waals surface area (Å²) in [5, 5.41) is 2.74. The van der Waals surface area contributed by atoms with Crippen molar-refractivity contribution in [2.24, 2.45) is 0 Å². The van der Waals surface area contributed by atoms with Crippen LogP contribution in [0.1, 0.15) is 89.5 Å². The molecule has 0 bridgehead atoms. The van der Waals surface area contributed by atoms with E-state index in [1.165, 1.54) is 80.7 Å². The highest BCUT2D eigenvalue weighted by atomic mass is 14.9. The molecule has 2 aliphatic rings. The molecule has 1 nitrogen and oxygen atoms in total. The molecule has 5 aromatic rings. The fraction of sp³-hybridized carbons (Fsp3) is 0.351. The summed E-state index contributed by atoms with van der Waals surface area (Å²) < 4.78 is 2.71. The first-order chi connectivity index (χ1) is 18.7. The third-order valence-corrected chi connectivity index (χ3v) is 9.98. The minimum absolute atomic E-state index is 0.0383. The standard InChI is InChI=1S/C37H40BN/c1-7-20-37(21-22-37)26-17-19-28-27-18-16-25(35(2,3)4)23-33(27)39(34(28)24-26)38-31-14-10-8-12-29(31)36(5,6)30-13-9-11-15-32(30)38/h8-19,23-24H,7,20-22H2,1-6H3. The Morgan fingerprint density at radius 2 is 1.31 bits per heavy atom. The SMILES string of the molecule is CCCC1(c2ccc3c4ccc(C(C)(C)C)cc4n(B4c5ccccc5C(C)(C)c5ccccc54)c3c2)CC1. The molecule has 196 valence electrons. The second-order valence-corrected chi connectivity index (χ2v) is 13.8. The van der Waals surface area contributed by atoms with Gasteiger partial charge in [0.2, 0.25) is 0 Å². The quantitative estimate of drug-likeness (QED) is 0.215. The summed E-state index contributed by atoms with van der Waals surface area (Å²) in [7, 11) is 0. The van der Waals surface area contributed by atoms with Gasteiger partial charge in [-0.25, -0.2) is 0 Å². The second kappa shape index (κ2) is 8.37. The molecule has 4 aromatic carbocycles. The van der Waals surface area contributed by atoms with Crippen LogP contribution in [0.5, 0.6) is 0 Å². The molecular weight excluding hydrogens is 469 g/mol. The molecule has 0 radical (unpaired) electrons. The molecule has 0 amide bonds. The van der Waals surface area contributed by atoms with E-state index < -0.39 is 0 Å². The minimum atomic E-state index is -0.0383. The molecule has 1 saturated carbocycles. The molecule has 1 aliphatic heterocycles. The fourth-order valence-electron chi connectivity index (χ4n) is 7.63. The van der Waals surface area contributed by atoms with E-state index in [2.05, 4.69) is 131 Å².